The summed E-state index contributed by atoms with van der Waals surface area (Å²) in [6.45, 7) is 6.02. The lowest BCUT2D eigenvalue weighted by Gasteiger charge is -2.39. The van der Waals surface area contributed by atoms with Gasteiger partial charge in [0.15, 0.2) is 0 Å². The van der Waals surface area contributed by atoms with E-state index in [4.69, 9.17) is 0 Å². The van der Waals surface area contributed by atoms with Gasteiger partial charge in [0, 0.05) is 25.7 Å². The van der Waals surface area contributed by atoms with E-state index >= 15 is 0 Å². The predicted molar refractivity (Wildman–Crippen MR) is 73.4 cm³/mol. The molecule has 0 aromatic rings. The highest BCUT2D eigenvalue weighted by Gasteiger charge is 2.31. The van der Waals surface area contributed by atoms with Crippen molar-refractivity contribution in [1.82, 2.24) is 15.1 Å². The number of hydrogen-bond donors (Lipinski definition) is 1. The fourth-order valence-corrected chi connectivity index (χ4v) is 3.18. The van der Waals surface area contributed by atoms with Gasteiger partial charge in [-0.2, -0.15) is 0 Å². The molecule has 104 valence electrons. The molecule has 0 spiro atoms. The lowest BCUT2D eigenvalue weighted by molar-refractivity contribution is -0.138. The Morgan fingerprint density at radius 2 is 2.11 bits per heavy atom. The maximum absolute atomic E-state index is 12.5. The number of nitrogens with zero attached hydrogens (tertiary/aromatic N) is 2. The summed E-state index contributed by atoms with van der Waals surface area (Å²) in [6.07, 6.45) is 3.41. The van der Waals surface area contributed by atoms with Gasteiger partial charge in [0.1, 0.15) is 0 Å². The van der Waals surface area contributed by atoms with Crippen molar-refractivity contribution >= 4 is 5.91 Å². The summed E-state index contributed by atoms with van der Waals surface area (Å²) in [5.74, 6) is 1.21. The molecule has 2 aliphatic rings. The Balaban J connectivity index is 1.91. The Morgan fingerprint density at radius 3 is 2.78 bits per heavy atom. The van der Waals surface area contributed by atoms with Gasteiger partial charge in [0.05, 0.1) is 5.92 Å². The van der Waals surface area contributed by atoms with E-state index in [0.717, 1.165) is 39.0 Å². The van der Waals surface area contributed by atoms with Crippen molar-refractivity contribution in [2.75, 3.05) is 40.3 Å². The summed E-state index contributed by atoms with van der Waals surface area (Å²) >= 11 is 0. The van der Waals surface area contributed by atoms with Gasteiger partial charge < -0.3 is 15.1 Å². The SMILES string of the molecule is CC1CNCC(C(=O)N2CCCC(N(C)C)C2)C1. The summed E-state index contributed by atoms with van der Waals surface area (Å²) in [5.41, 5.74) is 0. The largest absolute Gasteiger partial charge is 0.341 e. The van der Waals surface area contributed by atoms with Crippen molar-refractivity contribution in [3.63, 3.8) is 0 Å². The van der Waals surface area contributed by atoms with Gasteiger partial charge in [-0.1, -0.05) is 6.92 Å². The van der Waals surface area contributed by atoms with Crippen LogP contribution < -0.4 is 5.32 Å². The zero-order chi connectivity index (χ0) is 13.1. The molecule has 2 aliphatic heterocycles. The summed E-state index contributed by atoms with van der Waals surface area (Å²) in [7, 11) is 4.23. The number of likely N-dealkylation sites (tertiary alicyclic amines) is 1. The van der Waals surface area contributed by atoms with Gasteiger partial charge in [0.25, 0.3) is 0 Å². The minimum Gasteiger partial charge on any atom is -0.341 e. The number of hydrogen-bond acceptors (Lipinski definition) is 3. The molecular formula is C14H27N3O. The lowest BCUT2D eigenvalue weighted by Crippen LogP contribution is -2.51. The van der Waals surface area contributed by atoms with Crippen LogP contribution in [0.3, 0.4) is 0 Å². The molecule has 0 saturated carbocycles. The highest BCUT2D eigenvalue weighted by molar-refractivity contribution is 5.79. The van der Waals surface area contributed by atoms with Crippen LogP contribution in [0.15, 0.2) is 0 Å². The van der Waals surface area contributed by atoms with Crippen molar-refractivity contribution in [3.05, 3.63) is 0 Å². The molecule has 1 amide bonds. The first-order chi connectivity index (χ1) is 8.58. The third-order valence-electron chi connectivity index (χ3n) is 4.36. The van der Waals surface area contributed by atoms with E-state index in [-0.39, 0.29) is 5.92 Å². The summed E-state index contributed by atoms with van der Waals surface area (Å²) in [4.78, 5) is 16.9. The van der Waals surface area contributed by atoms with Gasteiger partial charge in [-0.15, -0.1) is 0 Å². The maximum Gasteiger partial charge on any atom is 0.227 e. The van der Waals surface area contributed by atoms with Crippen LogP contribution in [0.4, 0.5) is 0 Å². The van der Waals surface area contributed by atoms with Crippen molar-refractivity contribution in [2.45, 2.75) is 32.2 Å². The molecule has 3 unspecified atom stereocenters. The molecule has 0 aliphatic carbocycles. The van der Waals surface area contributed by atoms with Gasteiger partial charge in [-0.05, 0) is 45.8 Å². The first kappa shape index (κ1) is 13.8. The number of amides is 1. The van der Waals surface area contributed by atoms with Crippen LogP contribution in [0.2, 0.25) is 0 Å². The van der Waals surface area contributed by atoms with Gasteiger partial charge >= 0.3 is 0 Å². The summed E-state index contributed by atoms with van der Waals surface area (Å²) in [5, 5.41) is 3.38. The van der Waals surface area contributed by atoms with Crippen LogP contribution in [-0.4, -0.2) is 62.0 Å². The normalized spacial score (nSPS) is 33.8. The number of rotatable bonds is 2. The molecule has 3 atom stereocenters. The first-order valence-electron chi connectivity index (χ1n) is 7.24. The van der Waals surface area contributed by atoms with Gasteiger partial charge in [-0.3, -0.25) is 4.79 Å². The van der Waals surface area contributed by atoms with E-state index < -0.39 is 0 Å². The van der Waals surface area contributed by atoms with Crippen LogP contribution >= 0.6 is 0 Å². The highest BCUT2D eigenvalue weighted by atomic mass is 16.2. The van der Waals surface area contributed by atoms with Gasteiger partial charge in [-0.25, -0.2) is 0 Å². The van der Waals surface area contributed by atoms with Crippen molar-refractivity contribution in [3.8, 4) is 0 Å². The average molecular weight is 253 g/mol. The number of likely N-dealkylation sites (N-methyl/N-ethyl adjacent to an activating group) is 1. The Kier molecular flexibility index (Phi) is 4.62. The number of piperidine rings is 2. The van der Waals surface area contributed by atoms with Crippen molar-refractivity contribution < 1.29 is 4.79 Å². The zero-order valence-corrected chi connectivity index (χ0v) is 12.0. The Labute approximate surface area is 111 Å². The molecule has 4 nitrogen and oxygen atoms in total. The Morgan fingerprint density at radius 1 is 1.33 bits per heavy atom. The standard InChI is InChI=1S/C14H27N3O/c1-11-7-12(9-15-8-11)14(18)17-6-4-5-13(10-17)16(2)3/h11-13,15H,4-10H2,1-3H3. The molecule has 0 radical (unpaired) electrons. The summed E-state index contributed by atoms with van der Waals surface area (Å²) < 4.78 is 0. The van der Waals surface area contributed by atoms with Gasteiger partial charge in [0.2, 0.25) is 5.91 Å². The molecule has 4 heteroatoms. The molecule has 0 bridgehead atoms. The van der Waals surface area contributed by atoms with E-state index in [9.17, 15) is 4.79 Å². The van der Waals surface area contributed by atoms with E-state index in [0.29, 0.717) is 17.9 Å². The van der Waals surface area contributed by atoms with Crippen LogP contribution in [0.5, 0.6) is 0 Å². The second kappa shape index (κ2) is 6.02. The molecule has 0 aromatic heterocycles. The smallest absolute Gasteiger partial charge is 0.227 e. The van der Waals surface area contributed by atoms with E-state index in [2.05, 4.69) is 36.1 Å². The second-order valence-corrected chi connectivity index (χ2v) is 6.24. The minimum atomic E-state index is 0.203. The van der Waals surface area contributed by atoms with E-state index in [1.807, 2.05) is 0 Å². The van der Waals surface area contributed by atoms with E-state index in [1.54, 1.807) is 0 Å². The fraction of sp³-hybridized carbons (Fsp3) is 0.929. The second-order valence-electron chi connectivity index (χ2n) is 6.24. The Bertz CT molecular complexity index is 293. The minimum absolute atomic E-state index is 0.203. The van der Waals surface area contributed by atoms with E-state index in [1.165, 1.54) is 6.42 Å². The monoisotopic (exact) mass is 253 g/mol. The fourth-order valence-electron chi connectivity index (χ4n) is 3.18. The maximum atomic E-state index is 12.5. The van der Waals surface area contributed by atoms with Crippen LogP contribution in [0.1, 0.15) is 26.2 Å². The molecule has 2 fully saturated rings. The van der Waals surface area contributed by atoms with Crippen LogP contribution in [-0.2, 0) is 4.79 Å². The molecule has 1 N–H and O–H groups in total. The van der Waals surface area contributed by atoms with Crippen LogP contribution in [0.25, 0.3) is 0 Å². The molecule has 18 heavy (non-hydrogen) atoms. The quantitative estimate of drug-likeness (QED) is 0.790. The number of nitrogens with one attached hydrogen (secondary N) is 1. The number of carbonyl (C=O) groups excluding carboxylic acids is 1. The lowest BCUT2D eigenvalue weighted by atomic mass is 9.90. The average Bonchev–Trinajstić information content (AvgIpc) is 2.38. The predicted octanol–water partition coefficient (Wildman–Crippen LogP) is 0.785. The third kappa shape index (κ3) is 3.23. The van der Waals surface area contributed by atoms with Crippen molar-refractivity contribution in [1.29, 1.82) is 0 Å². The first-order valence-corrected chi connectivity index (χ1v) is 7.24. The number of carbonyl (C=O) groups is 1. The Hall–Kier alpha value is -0.610. The third-order valence-corrected chi connectivity index (χ3v) is 4.36. The van der Waals surface area contributed by atoms with Crippen LogP contribution in [0, 0.1) is 11.8 Å². The molecule has 2 saturated heterocycles. The molecule has 2 heterocycles. The summed E-state index contributed by atoms with van der Waals surface area (Å²) in [6, 6.07) is 0.539. The topological polar surface area (TPSA) is 35.6 Å². The highest BCUT2D eigenvalue weighted by Crippen LogP contribution is 2.21. The molecule has 2 rings (SSSR count). The van der Waals surface area contributed by atoms with Crippen molar-refractivity contribution in [2.24, 2.45) is 11.8 Å². The molecule has 0 aromatic carbocycles. The zero-order valence-electron chi connectivity index (χ0n) is 12.0. The molecular weight excluding hydrogens is 226 g/mol.